The molecule has 4 aromatic carbocycles. The smallest absolute Gasteiger partial charge is 0.356 e. The molecular formula is C57H66N6O12S. The van der Waals surface area contributed by atoms with Crippen LogP contribution in [0.4, 0.5) is 0 Å². The summed E-state index contributed by atoms with van der Waals surface area (Å²) in [6.07, 6.45) is 4.84. The van der Waals surface area contributed by atoms with E-state index in [0.29, 0.717) is 86.4 Å². The second-order valence-electron chi connectivity index (χ2n) is 19.6. The number of nitrogens with one attached hydrogen (secondary N) is 1. The molecule has 0 saturated heterocycles. The van der Waals surface area contributed by atoms with Crippen LogP contribution in [0, 0.1) is 19.3 Å². The Hall–Kier alpha value is -7.64. The number of aromatic nitrogens is 4. The van der Waals surface area contributed by atoms with E-state index in [-0.39, 0.29) is 27.6 Å². The van der Waals surface area contributed by atoms with Gasteiger partial charge in [0.1, 0.15) is 17.7 Å². The Kier molecular flexibility index (Phi) is 17.3. The normalized spacial score (nSPS) is 14.8. The summed E-state index contributed by atoms with van der Waals surface area (Å²) < 4.78 is 45.4. The van der Waals surface area contributed by atoms with E-state index in [1.807, 2.05) is 81.4 Å². The Bertz CT molecular complexity index is 3370. The molecule has 0 atom stereocenters. The Morgan fingerprint density at radius 1 is 0.776 bits per heavy atom. The van der Waals surface area contributed by atoms with Crippen molar-refractivity contribution in [3.63, 3.8) is 0 Å². The van der Waals surface area contributed by atoms with E-state index in [1.165, 1.54) is 35.6 Å². The lowest BCUT2D eigenvalue weighted by molar-refractivity contribution is -0.143. The fourth-order valence-electron chi connectivity index (χ4n) is 9.30. The van der Waals surface area contributed by atoms with E-state index < -0.39 is 38.2 Å². The molecule has 0 amide bonds. The number of ether oxygens (including phenoxy) is 3. The van der Waals surface area contributed by atoms with Crippen LogP contribution < -0.4 is 15.9 Å². The molecule has 0 radical (unpaired) electrons. The third-order valence-corrected chi connectivity index (χ3v) is 14.3. The first kappa shape index (κ1) is 56.1. The van der Waals surface area contributed by atoms with Gasteiger partial charge < -0.3 is 29.0 Å². The van der Waals surface area contributed by atoms with Gasteiger partial charge in [-0.1, -0.05) is 103 Å². The average Bonchev–Trinajstić information content (AvgIpc) is 4.19. The second kappa shape index (κ2) is 23.5. The zero-order valence-electron chi connectivity index (χ0n) is 44.8. The number of sulfone groups is 1. The van der Waals surface area contributed by atoms with Crippen molar-refractivity contribution in [1.82, 2.24) is 19.1 Å². The Morgan fingerprint density at radius 2 is 1.38 bits per heavy atom. The largest absolute Gasteiger partial charge is 0.461 e. The van der Waals surface area contributed by atoms with Gasteiger partial charge >= 0.3 is 11.9 Å². The number of carbonyl (C=O) groups is 3. The SMILES string of the molecule is CCOC(=O)C1=NOC(c2ccccc2)(c2ccccc2)C1.CCc1cc(C)cc(CC)c1-c1c(OC(=O)C(C)(C)C)n2n(c1=O)CCOCC2.Cc1c(C(=O)c2c[nH]n(C)c2=O)ccc(S(C)(=O)=O)c1C1=NOCC1. The van der Waals surface area contributed by atoms with Crippen LogP contribution >= 0.6 is 0 Å². The number of esters is 2. The molecule has 0 bridgehead atoms. The predicted octanol–water partition coefficient (Wildman–Crippen LogP) is 7.78. The second-order valence-corrected chi connectivity index (χ2v) is 21.6. The van der Waals surface area contributed by atoms with Crippen molar-refractivity contribution < 1.29 is 46.7 Å². The summed E-state index contributed by atoms with van der Waals surface area (Å²) in [7, 11) is -2.02. The number of fused-ring (bicyclic) bond motifs is 1. The van der Waals surface area contributed by atoms with Crippen LogP contribution in [0.2, 0.25) is 0 Å². The number of ketones is 1. The van der Waals surface area contributed by atoms with Gasteiger partial charge in [0.25, 0.3) is 11.1 Å². The molecule has 0 spiro atoms. The number of oxime groups is 2. The quantitative estimate of drug-likeness (QED) is 0.0917. The number of nitrogens with zero attached hydrogens (tertiary/aromatic N) is 5. The lowest BCUT2D eigenvalue weighted by atomic mass is 9.82. The molecule has 5 heterocycles. The van der Waals surface area contributed by atoms with Crippen LogP contribution in [0.25, 0.3) is 11.1 Å². The molecule has 402 valence electrons. The summed E-state index contributed by atoms with van der Waals surface area (Å²) in [5.41, 5.74) is 6.57. The molecule has 0 aliphatic carbocycles. The third-order valence-electron chi connectivity index (χ3n) is 13.2. The third kappa shape index (κ3) is 11.7. The molecule has 9 rings (SSSR count). The molecule has 3 aliphatic rings. The lowest BCUT2D eigenvalue weighted by Gasteiger charge is -2.27. The van der Waals surface area contributed by atoms with Gasteiger partial charge in [-0.3, -0.25) is 23.9 Å². The van der Waals surface area contributed by atoms with Crippen molar-refractivity contribution >= 4 is 39.0 Å². The highest BCUT2D eigenvalue weighted by molar-refractivity contribution is 7.90. The Balaban J connectivity index is 0.000000167. The van der Waals surface area contributed by atoms with E-state index in [9.17, 15) is 32.4 Å². The van der Waals surface area contributed by atoms with Crippen LogP contribution in [-0.2, 0) is 77.2 Å². The summed E-state index contributed by atoms with van der Waals surface area (Å²) >= 11 is 0. The summed E-state index contributed by atoms with van der Waals surface area (Å²) in [6.45, 7) is 17.6. The summed E-state index contributed by atoms with van der Waals surface area (Å²) in [5.74, 6) is -0.905. The number of benzene rings is 4. The van der Waals surface area contributed by atoms with Crippen molar-refractivity contribution in [2.24, 2.45) is 22.8 Å². The molecule has 6 aromatic rings. The number of hydrogen-bond donors (Lipinski definition) is 1. The Morgan fingerprint density at radius 3 is 1.89 bits per heavy atom. The van der Waals surface area contributed by atoms with Gasteiger partial charge in [-0.2, -0.15) is 0 Å². The first-order valence-electron chi connectivity index (χ1n) is 25.3. The van der Waals surface area contributed by atoms with Gasteiger partial charge in [-0.15, -0.1) is 0 Å². The standard InChI is InChI=1S/C23H32N2O4.C18H17NO3.C16H17N3O5S/c1-7-16-13-15(3)14-17(8-2)18(16)19-20(26)24-9-11-28-12-10-25(24)21(19)29-22(27)23(4,5)6;1-2-21-17(20)16-13-18(22-19-16,14-9-5-3-6-10-14)15-11-7-4-8-12-15;1-9-10(15(20)11-8-17-19(2)16(11)21)4-5-13(25(3,22)23)14(9)12-6-7-24-18-12/h13-14H,7-12H2,1-6H3;3-12H,2,13H2,1H3;4-5,8,17H,6-7H2,1-3H3. The van der Waals surface area contributed by atoms with Crippen molar-refractivity contribution in [3.05, 3.63) is 162 Å². The number of H-pyrrole nitrogens is 1. The monoisotopic (exact) mass is 1060 g/mol. The van der Waals surface area contributed by atoms with Gasteiger partial charge in [0, 0.05) is 48.2 Å². The first-order valence-corrected chi connectivity index (χ1v) is 27.2. The molecule has 18 nitrogen and oxygen atoms in total. The van der Waals surface area contributed by atoms with Crippen molar-refractivity contribution in [3.8, 4) is 17.0 Å². The maximum Gasteiger partial charge on any atom is 0.356 e. The molecular weight excluding hydrogens is 993 g/mol. The van der Waals surface area contributed by atoms with Crippen molar-refractivity contribution in [2.75, 3.05) is 32.7 Å². The highest BCUT2D eigenvalue weighted by Crippen LogP contribution is 2.42. The number of carbonyl (C=O) groups excluding carboxylic acids is 3. The topological polar surface area (TPSA) is 221 Å². The summed E-state index contributed by atoms with van der Waals surface area (Å²) in [6, 6.07) is 26.7. The first-order chi connectivity index (χ1) is 36.2. The minimum atomic E-state index is -3.52. The van der Waals surface area contributed by atoms with Gasteiger partial charge in [0.05, 0.1) is 55.4 Å². The van der Waals surface area contributed by atoms with Crippen molar-refractivity contribution in [2.45, 2.75) is 105 Å². The van der Waals surface area contributed by atoms with E-state index in [1.54, 1.807) is 23.2 Å². The van der Waals surface area contributed by atoms with E-state index in [0.717, 1.165) is 46.9 Å². The fourth-order valence-corrected chi connectivity index (χ4v) is 10.3. The molecule has 0 fully saturated rings. The van der Waals surface area contributed by atoms with Crippen LogP contribution in [0.3, 0.4) is 0 Å². The lowest BCUT2D eigenvalue weighted by Crippen LogP contribution is -2.29. The molecule has 76 heavy (non-hydrogen) atoms. The van der Waals surface area contributed by atoms with E-state index in [2.05, 4.69) is 48.3 Å². The summed E-state index contributed by atoms with van der Waals surface area (Å²) in [5, 5.41) is 10.6. The van der Waals surface area contributed by atoms with Crippen LogP contribution in [-0.4, -0.2) is 89.4 Å². The number of rotatable bonds is 12. The zero-order chi connectivity index (χ0) is 55.1. The minimum Gasteiger partial charge on any atom is -0.461 e. The minimum absolute atomic E-state index is 0.00623. The van der Waals surface area contributed by atoms with Gasteiger partial charge in [-0.05, 0) is 88.8 Å². The number of hydrogen-bond acceptors (Lipinski definition) is 14. The molecule has 19 heteroatoms. The van der Waals surface area contributed by atoms with Gasteiger partial charge in [-0.25, -0.2) is 22.6 Å². The molecule has 2 aromatic heterocycles. The predicted molar refractivity (Wildman–Crippen MR) is 288 cm³/mol. The maximum absolute atomic E-state index is 13.5. The van der Waals surface area contributed by atoms with Crippen LogP contribution in [0.1, 0.15) is 109 Å². The van der Waals surface area contributed by atoms with Gasteiger partial charge in [0.2, 0.25) is 5.88 Å². The van der Waals surface area contributed by atoms with Crippen LogP contribution in [0.5, 0.6) is 5.88 Å². The fraction of sp³-hybridized carbons (Fsp3) is 0.386. The Labute approximate surface area is 442 Å². The number of aromatic amines is 1. The highest BCUT2D eigenvalue weighted by Gasteiger charge is 2.45. The molecule has 3 aliphatic heterocycles. The van der Waals surface area contributed by atoms with E-state index in [4.69, 9.17) is 23.9 Å². The van der Waals surface area contributed by atoms with Crippen LogP contribution in [0.15, 0.2) is 116 Å². The highest BCUT2D eigenvalue weighted by atomic mass is 32.2. The molecule has 0 saturated carbocycles. The molecule has 0 unspecified atom stereocenters. The summed E-state index contributed by atoms with van der Waals surface area (Å²) in [4.78, 5) is 74.0. The maximum atomic E-state index is 13.5. The van der Waals surface area contributed by atoms with E-state index >= 15 is 0 Å². The zero-order valence-corrected chi connectivity index (χ0v) is 45.6. The average molecular weight is 1060 g/mol. The number of aryl methyl sites for hydroxylation is 4. The molecule has 1 N–H and O–H groups in total. The van der Waals surface area contributed by atoms with Crippen molar-refractivity contribution in [1.29, 1.82) is 0 Å². The van der Waals surface area contributed by atoms with Gasteiger partial charge in [0.15, 0.2) is 26.9 Å².